The zero-order valence-corrected chi connectivity index (χ0v) is 19.4. The Morgan fingerprint density at radius 1 is 0.879 bits per heavy atom. The molecule has 0 spiro atoms. The maximum atomic E-state index is 13.8. The van der Waals surface area contributed by atoms with Gasteiger partial charge in [0.15, 0.2) is 11.5 Å². The van der Waals surface area contributed by atoms with Crippen molar-refractivity contribution in [2.45, 2.75) is 44.9 Å². The number of fused-ring (bicyclic) bond motifs is 2. The van der Waals surface area contributed by atoms with Crippen LogP contribution >= 0.6 is 0 Å². The number of carbonyl (C=O) groups excluding carboxylic acids is 1. The van der Waals surface area contributed by atoms with E-state index in [9.17, 15) is 9.59 Å². The van der Waals surface area contributed by atoms with E-state index in [1.807, 2.05) is 17.0 Å². The Kier molecular flexibility index (Phi) is 5.83. The lowest BCUT2D eigenvalue weighted by Crippen LogP contribution is -2.36. The first-order valence-corrected chi connectivity index (χ1v) is 11.8. The summed E-state index contributed by atoms with van der Waals surface area (Å²) < 4.78 is 12.7. The van der Waals surface area contributed by atoms with Crippen LogP contribution in [0, 0.1) is 0 Å². The Balaban J connectivity index is 1.78. The van der Waals surface area contributed by atoms with E-state index < -0.39 is 0 Å². The Hall–Kier alpha value is -3.28. The zero-order valence-electron chi connectivity index (χ0n) is 19.4. The number of nitrogens with zero attached hydrogens (tertiary/aromatic N) is 2. The Morgan fingerprint density at radius 3 is 2.30 bits per heavy atom. The largest absolute Gasteiger partial charge is 0.493 e. The molecule has 2 heterocycles. The average molecular weight is 447 g/mol. The number of piperidine rings is 1. The van der Waals surface area contributed by atoms with Crippen LogP contribution in [0.2, 0.25) is 0 Å². The predicted molar refractivity (Wildman–Crippen MR) is 129 cm³/mol. The third-order valence-corrected chi connectivity index (χ3v) is 7.03. The number of rotatable bonds is 4. The van der Waals surface area contributed by atoms with Crippen molar-refractivity contribution in [1.29, 1.82) is 0 Å². The summed E-state index contributed by atoms with van der Waals surface area (Å²) in [6.45, 7) is 1.49. The SMILES string of the molecule is COc1cc2c(C(=O)N3CCCCC3)cn(-c3cccc4c3CCCC4)c(=O)c2cc1OC. The van der Waals surface area contributed by atoms with Crippen LogP contribution in [-0.2, 0) is 12.8 Å². The number of ether oxygens (including phenoxy) is 2. The molecule has 1 amide bonds. The van der Waals surface area contributed by atoms with Gasteiger partial charge in [-0.3, -0.25) is 14.2 Å². The van der Waals surface area contributed by atoms with Crippen LogP contribution in [-0.4, -0.2) is 42.7 Å². The molecule has 33 heavy (non-hydrogen) atoms. The molecule has 0 N–H and O–H groups in total. The third kappa shape index (κ3) is 3.77. The molecule has 6 heteroatoms. The molecule has 0 radical (unpaired) electrons. The second kappa shape index (κ2) is 8.93. The molecule has 6 nitrogen and oxygen atoms in total. The van der Waals surface area contributed by atoms with Crippen LogP contribution in [0.1, 0.15) is 53.6 Å². The van der Waals surface area contributed by atoms with Gasteiger partial charge in [-0.05, 0) is 74.3 Å². The van der Waals surface area contributed by atoms with Crippen molar-refractivity contribution in [1.82, 2.24) is 9.47 Å². The summed E-state index contributed by atoms with van der Waals surface area (Å²) in [6.07, 6.45) is 9.14. The minimum Gasteiger partial charge on any atom is -0.493 e. The molecule has 1 fully saturated rings. The number of benzene rings is 2. The average Bonchev–Trinajstić information content (AvgIpc) is 2.88. The molecular formula is C27H30N2O4. The quantitative estimate of drug-likeness (QED) is 0.592. The molecule has 1 aliphatic heterocycles. The molecule has 0 saturated carbocycles. The lowest BCUT2D eigenvalue weighted by Gasteiger charge is -2.28. The predicted octanol–water partition coefficient (Wildman–Crippen LogP) is 4.51. The fraction of sp³-hybridized carbons (Fsp3) is 0.407. The highest BCUT2D eigenvalue weighted by Gasteiger charge is 2.25. The van der Waals surface area contributed by atoms with Gasteiger partial charge in [0, 0.05) is 24.7 Å². The van der Waals surface area contributed by atoms with E-state index >= 15 is 0 Å². The highest BCUT2D eigenvalue weighted by atomic mass is 16.5. The molecule has 5 rings (SSSR count). The first kappa shape index (κ1) is 21.6. The summed E-state index contributed by atoms with van der Waals surface area (Å²) in [4.78, 5) is 29.4. The van der Waals surface area contributed by atoms with Gasteiger partial charge in [-0.25, -0.2) is 0 Å². The number of amides is 1. The van der Waals surface area contributed by atoms with Gasteiger partial charge < -0.3 is 14.4 Å². The van der Waals surface area contributed by atoms with Gasteiger partial charge in [-0.15, -0.1) is 0 Å². The summed E-state index contributed by atoms with van der Waals surface area (Å²) in [5.74, 6) is 0.948. The van der Waals surface area contributed by atoms with Crippen LogP contribution in [0.15, 0.2) is 41.3 Å². The van der Waals surface area contributed by atoms with Gasteiger partial charge in [0.25, 0.3) is 11.5 Å². The number of methoxy groups -OCH3 is 2. The summed E-state index contributed by atoms with van der Waals surface area (Å²) in [5, 5.41) is 1.07. The fourth-order valence-electron chi connectivity index (χ4n) is 5.27. The van der Waals surface area contributed by atoms with Crippen molar-refractivity contribution in [2.24, 2.45) is 0 Å². The van der Waals surface area contributed by atoms with Gasteiger partial charge in [0.05, 0.1) is 30.9 Å². The number of pyridine rings is 1. The van der Waals surface area contributed by atoms with Crippen LogP contribution in [0.3, 0.4) is 0 Å². The molecule has 2 aliphatic rings. The van der Waals surface area contributed by atoms with E-state index in [2.05, 4.69) is 6.07 Å². The molecule has 0 atom stereocenters. The minimum absolute atomic E-state index is 0.0366. The van der Waals surface area contributed by atoms with Crippen molar-refractivity contribution >= 4 is 16.7 Å². The molecule has 0 unspecified atom stereocenters. The smallest absolute Gasteiger partial charge is 0.263 e. The van der Waals surface area contributed by atoms with Gasteiger partial charge >= 0.3 is 0 Å². The Labute approximate surface area is 193 Å². The Bertz CT molecular complexity index is 1270. The van der Waals surface area contributed by atoms with E-state index in [1.54, 1.807) is 37.1 Å². The van der Waals surface area contributed by atoms with Gasteiger partial charge in [0.1, 0.15) is 0 Å². The third-order valence-electron chi connectivity index (χ3n) is 7.03. The van der Waals surface area contributed by atoms with Crippen LogP contribution in [0.25, 0.3) is 16.5 Å². The fourth-order valence-corrected chi connectivity index (χ4v) is 5.27. The molecular weight excluding hydrogens is 416 g/mol. The van der Waals surface area contributed by atoms with Crippen molar-refractivity contribution in [3.05, 3.63) is 63.6 Å². The van der Waals surface area contributed by atoms with Gasteiger partial charge in [0.2, 0.25) is 0 Å². The monoisotopic (exact) mass is 446 g/mol. The molecule has 0 bridgehead atoms. The van der Waals surface area contributed by atoms with E-state index in [0.29, 0.717) is 27.8 Å². The second-order valence-electron chi connectivity index (χ2n) is 8.95. The van der Waals surface area contributed by atoms with Gasteiger partial charge in [-0.2, -0.15) is 0 Å². The van der Waals surface area contributed by atoms with E-state index in [-0.39, 0.29) is 11.5 Å². The number of aryl methyl sites for hydroxylation is 1. The normalized spacial score (nSPS) is 15.9. The maximum Gasteiger partial charge on any atom is 0.263 e. The van der Waals surface area contributed by atoms with Crippen LogP contribution in [0.4, 0.5) is 0 Å². The first-order valence-electron chi connectivity index (χ1n) is 11.8. The van der Waals surface area contributed by atoms with E-state index in [1.165, 1.54) is 17.5 Å². The zero-order chi connectivity index (χ0) is 22.9. The summed E-state index contributed by atoms with van der Waals surface area (Å²) in [5.41, 5.74) is 3.76. The summed E-state index contributed by atoms with van der Waals surface area (Å²) in [7, 11) is 3.12. The van der Waals surface area contributed by atoms with Crippen molar-refractivity contribution in [3.8, 4) is 17.2 Å². The number of aromatic nitrogens is 1. The van der Waals surface area contributed by atoms with E-state index in [0.717, 1.165) is 57.3 Å². The highest BCUT2D eigenvalue weighted by Crippen LogP contribution is 2.34. The minimum atomic E-state index is -0.153. The Morgan fingerprint density at radius 2 is 1.58 bits per heavy atom. The summed E-state index contributed by atoms with van der Waals surface area (Å²) >= 11 is 0. The lowest BCUT2D eigenvalue weighted by molar-refractivity contribution is 0.0725. The van der Waals surface area contributed by atoms with E-state index in [4.69, 9.17) is 9.47 Å². The number of carbonyl (C=O) groups is 1. The van der Waals surface area contributed by atoms with Crippen molar-refractivity contribution in [2.75, 3.05) is 27.3 Å². The number of hydrogen-bond acceptors (Lipinski definition) is 4. The van der Waals surface area contributed by atoms with Crippen molar-refractivity contribution < 1.29 is 14.3 Å². The topological polar surface area (TPSA) is 60.8 Å². The van der Waals surface area contributed by atoms with Gasteiger partial charge in [-0.1, -0.05) is 12.1 Å². The number of hydrogen-bond donors (Lipinski definition) is 0. The van der Waals surface area contributed by atoms with Crippen molar-refractivity contribution in [3.63, 3.8) is 0 Å². The molecule has 3 aromatic rings. The molecule has 2 aromatic carbocycles. The molecule has 172 valence electrons. The summed E-state index contributed by atoms with van der Waals surface area (Å²) in [6, 6.07) is 9.62. The molecule has 1 aromatic heterocycles. The van der Waals surface area contributed by atoms with Crippen LogP contribution < -0.4 is 15.0 Å². The maximum absolute atomic E-state index is 13.8. The number of likely N-dealkylation sites (tertiary alicyclic amines) is 1. The molecule has 1 saturated heterocycles. The molecule has 1 aliphatic carbocycles. The highest BCUT2D eigenvalue weighted by molar-refractivity contribution is 6.07. The lowest BCUT2D eigenvalue weighted by atomic mass is 9.90. The standard InChI is InChI=1S/C27H30N2O4/c1-32-24-15-20-21(16-25(24)33-2)27(31)29(17-22(20)26(30)28-13-6-3-7-14-28)23-12-8-10-18-9-4-5-11-19(18)23/h8,10,12,15-17H,3-7,9,11,13-14H2,1-2H3. The first-order chi connectivity index (χ1) is 16.1. The van der Waals surface area contributed by atoms with Crippen LogP contribution in [0.5, 0.6) is 11.5 Å². The second-order valence-corrected chi connectivity index (χ2v) is 8.95.